The van der Waals surface area contributed by atoms with Crippen molar-refractivity contribution in [2.45, 2.75) is 46.2 Å². The van der Waals surface area contributed by atoms with Gasteiger partial charge in [0.2, 0.25) is 5.95 Å². The average molecular weight is 312 g/mol. The number of hydrogen-bond acceptors (Lipinski definition) is 4. The molecule has 0 aliphatic rings. The molecule has 2 rings (SSSR count). The molecule has 4 nitrogen and oxygen atoms in total. The minimum Gasteiger partial charge on any atom is -0.350 e. The summed E-state index contributed by atoms with van der Waals surface area (Å²) in [5.74, 6) is 1.78. The van der Waals surface area contributed by atoms with E-state index in [9.17, 15) is 0 Å². The highest BCUT2D eigenvalue weighted by atomic mass is 15.3. The molecule has 0 spiro atoms. The quantitative estimate of drug-likeness (QED) is 0.733. The maximum atomic E-state index is 4.78. The van der Waals surface area contributed by atoms with Crippen molar-refractivity contribution in [3.63, 3.8) is 0 Å². The predicted molar refractivity (Wildman–Crippen MR) is 98.0 cm³/mol. The van der Waals surface area contributed by atoms with Crippen molar-refractivity contribution in [2.75, 3.05) is 23.4 Å². The lowest BCUT2D eigenvalue weighted by Crippen LogP contribution is -2.31. The number of anilines is 2. The van der Waals surface area contributed by atoms with E-state index in [4.69, 9.17) is 4.98 Å². The standard InChI is InChI=1S/C19H28N4/c1-5-6-14-22(4)19-20-13-12-18(21-19)23(16(2)3)15-17-10-8-7-9-11-17/h7-13,16H,5-6,14-15H2,1-4H3. The van der Waals surface area contributed by atoms with Crippen molar-refractivity contribution < 1.29 is 0 Å². The maximum absolute atomic E-state index is 4.78. The molecule has 0 saturated heterocycles. The predicted octanol–water partition coefficient (Wildman–Crippen LogP) is 4.13. The van der Waals surface area contributed by atoms with Crippen LogP contribution in [0.5, 0.6) is 0 Å². The Balaban J connectivity index is 2.19. The van der Waals surface area contributed by atoms with Gasteiger partial charge in [-0.3, -0.25) is 0 Å². The molecule has 0 bridgehead atoms. The molecule has 0 aliphatic heterocycles. The smallest absolute Gasteiger partial charge is 0.226 e. The molecule has 1 heterocycles. The number of aromatic nitrogens is 2. The van der Waals surface area contributed by atoms with Gasteiger partial charge in [-0.1, -0.05) is 43.7 Å². The summed E-state index contributed by atoms with van der Waals surface area (Å²) < 4.78 is 0. The Hall–Kier alpha value is -2.10. The van der Waals surface area contributed by atoms with Gasteiger partial charge in [0.1, 0.15) is 5.82 Å². The van der Waals surface area contributed by atoms with Gasteiger partial charge < -0.3 is 9.80 Å². The zero-order valence-electron chi connectivity index (χ0n) is 14.7. The Bertz CT molecular complexity index is 583. The van der Waals surface area contributed by atoms with Crippen LogP contribution in [0.25, 0.3) is 0 Å². The van der Waals surface area contributed by atoms with Crippen LogP contribution in [0.3, 0.4) is 0 Å². The Morgan fingerprint density at radius 3 is 2.48 bits per heavy atom. The third-order valence-corrected chi connectivity index (χ3v) is 3.93. The van der Waals surface area contributed by atoms with Crippen LogP contribution >= 0.6 is 0 Å². The third kappa shape index (κ3) is 4.95. The number of benzene rings is 1. The van der Waals surface area contributed by atoms with Crippen LogP contribution in [0.15, 0.2) is 42.6 Å². The molecule has 4 heteroatoms. The molecule has 0 radical (unpaired) electrons. The van der Waals surface area contributed by atoms with Crippen molar-refractivity contribution in [1.29, 1.82) is 0 Å². The van der Waals surface area contributed by atoms with Crippen molar-refractivity contribution in [1.82, 2.24) is 9.97 Å². The summed E-state index contributed by atoms with van der Waals surface area (Å²) >= 11 is 0. The monoisotopic (exact) mass is 312 g/mol. The van der Waals surface area contributed by atoms with E-state index in [-0.39, 0.29) is 0 Å². The second kappa shape index (κ2) is 8.51. The van der Waals surface area contributed by atoms with Crippen LogP contribution < -0.4 is 9.80 Å². The lowest BCUT2D eigenvalue weighted by Gasteiger charge is -2.29. The van der Waals surface area contributed by atoms with Gasteiger partial charge in [-0.25, -0.2) is 4.98 Å². The van der Waals surface area contributed by atoms with Gasteiger partial charge in [-0.05, 0) is 31.9 Å². The first kappa shape index (κ1) is 17.3. The van der Waals surface area contributed by atoms with Gasteiger partial charge in [0.15, 0.2) is 0 Å². The van der Waals surface area contributed by atoms with E-state index < -0.39 is 0 Å². The van der Waals surface area contributed by atoms with Crippen LogP contribution in [0, 0.1) is 0 Å². The van der Waals surface area contributed by atoms with Crippen molar-refractivity contribution in [3.05, 3.63) is 48.2 Å². The summed E-state index contributed by atoms with van der Waals surface area (Å²) in [6, 6.07) is 12.9. The molecule has 2 aromatic rings. The van der Waals surface area contributed by atoms with Crippen LogP contribution in [0.1, 0.15) is 39.2 Å². The molecule has 0 aliphatic carbocycles. The Labute approximate surface area is 140 Å². The zero-order valence-corrected chi connectivity index (χ0v) is 14.7. The molecular weight excluding hydrogens is 284 g/mol. The highest BCUT2D eigenvalue weighted by molar-refractivity contribution is 5.45. The highest BCUT2D eigenvalue weighted by Gasteiger charge is 2.14. The molecule has 1 aromatic carbocycles. The summed E-state index contributed by atoms with van der Waals surface area (Å²) in [5.41, 5.74) is 1.29. The first-order valence-corrected chi connectivity index (χ1v) is 8.46. The summed E-state index contributed by atoms with van der Waals surface area (Å²) in [5, 5.41) is 0. The molecule has 0 N–H and O–H groups in total. The van der Waals surface area contributed by atoms with Gasteiger partial charge >= 0.3 is 0 Å². The average Bonchev–Trinajstić information content (AvgIpc) is 2.58. The van der Waals surface area contributed by atoms with E-state index in [0.717, 1.165) is 31.3 Å². The van der Waals surface area contributed by atoms with E-state index in [2.05, 4.69) is 72.9 Å². The molecule has 0 unspecified atom stereocenters. The van der Waals surface area contributed by atoms with Gasteiger partial charge in [0, 0.05) is 32.4 Å². The van der Waals surface area contributed by atoms with Crippen molar-refractivity contribution in [3.8, 4) is 0 Å². The number of hydrogen-bond donors (Lipinski definition) is 0. The van der Waals surface area contributed by atoms with Crippen molar-refractivity contribution >= 4 is 11.8 Å². The zero-order chi connectivity index (χ0) is 16.7. The third-order valence-electron chi connectivity index (χ3n) is 3.93. The largest absolute Gasteiger partial charge is 0.350 e. The first-order chi connectivity index (χ1) is 11.1. The van der Waals surface area contributed by atoms with E-state index in [1.54, 1.807) is 0 Å². The van der Waals surface area contributed by atoms with Gasteiger partial charge in [0.05, 0.1) is 0 Å². The fourth-order valence-corrected chi connectivity index (χ4v) is 2.49. The minimum atomic E-state index is 0.374. The van der Waals surface area contributed by atoms with E-state index in [1.165, 1.54) is 12.0 Å². The van der Waals surface area contributed by atoms with E-state index in [0.29, 0.717) is 6.04 Å². The van der Waals surface area contributed by atoms with Crippen LogP contribution in [-0.2, 0) is 6.54 Å². The molecule has 0 fully saturated rings. The van der Waals surface area contributed by atoms with Gasteiger partial charge in [0.25, 0.3) is 0 Å². The Morgan fingerprint density at radius 2 is 1.83 bits per heavy atom. The Kier molecular flexibility index (Phi) is 6.39. The number of rotatable bonds is 8. The fourth-order valence-electron chi connectivity index (χ4n) is 2.49. The summed E-state index contributed by atoms with van der Waals surface area (Å²) in [4.78, 5) is 13.7. The molecule has 0 atom stereocenters. The number of unbranched alkanes of at least 4 members (excludes halogenated alkanes) is 1. The molecule has 1 aromatic heterocycles. The molecular formula is C19H28N4. The Morgan fingerprint density at radius 1 is 1.09 bits per heavy atom. The minimum absolute atomic E-state index is 0.374. The highest BCUT2D eigenvalue weighted by Crippen LogP contribution is 2.19. The first-order valence-electron chi connectivity index (χ1n) is 8.46. The maximum Gasteiger partial charge on any atom is 0.226 e. The van der Waals surface area contributed by atoms with Crippen LogP contribution in [0.4, 0.5) is 11.8 Å². The number of nitrogens with zero attached hydrogens (tertiary/aromatic N) is 4. The SMILES string of the molecule is CCCCN(C)c1nccc(N(Cc2ccccc2)C(C)C)n1. The van der Waals surface area contributed by atoms with Crippen LogP contribution in [0.2, 0.25) is 0 Å². The van der Waals surface area contributed by atoms with Gasteiger partial charge in [-0.2, -0.15) is 4.98 Å². The van der Waals surface area contributed by atoms with Crippen LogP contribution in [-0.4, -0.2) is 29.6 Å². The summed E-state index contributed by atoms with van der Waals surface area (Å²) in [6.45, 7) is 8.44. The second-order valence-corrected chi connectivity index (χ2v) is 6.20. The fraction of sp³-hybridized carbons (Fsp3) is 0.474. The lowest BCUT2D eigenvalue weighted by molar-refractivity contribution is 0.668. The molecule has 0 amide bonds. The normalized spacial score (nSPS) is 10.8. The van der Waals surface area contributed by atoms with E-state index >= 15 is 0 Å². The molecule has 124 valence electrons. The lowest BCUT2D eigenvalue weighted by atomic mass is 10.2. The topological polar surface area (TPSA) is 32.3 Å². The summed E-state index contributed by atoms with van der Waals surface area (Å²) in [7, 11) is 2.06. The van der Waals surface area contributed by atoms with E-state index in [1.807, 2.05) is 12.3 Å². The molecule has 23 heavy (non-hydrogen) atoms. The molecule has 0 saturated carbocycles. The second-order valence-electron chi connectivity index (χ2n) is 6.20. The summed E-state index contributed by atoms with van der Waals surface area (Å²) in [6.07, 6.45) is 4.19. The van der Waals surface area contributed by atoms with Crippen molar-refractivity contribution in [2.24, 2.45) is 0 Å². The van der Waals surface area contributed by atoms with Gasteiger partial charge in [-0.15, -0.1) is 0 Å².